The number of anilines is 5. The van der Waals surface area contributed by atoms with Crippen LogP contribution in [0, 0.1) is 45.1 Å². The van der Waals surface area contributed by atoms with Crippen molar-refractivity contribution >= 4 is 28.6 Å². The summed E-state index contributed by atoms with van der Waals surface area (Å²) in [4.78, 5) is 12.6. The SMILES string of the molecule is COc1ccnc(-c2cc(Oc3cc(N(C)c4ccccn4)cc(N(c4ccc(C)cc4C)c4ccc(C)cc4C)c3)c(F)c(F)c2F)c1. The molecule has 0 aliphatic carbocycles. The maximum Gasteiger partial charge on any atom is 0.204 e. The highest BCUT2D eigenvalue weighted by Crippen LogP contribution is 2.44. The number of hydrogen-bond donors (Lipinski definition) is 0. The van der Waals surface area contributed by atoms with E-state index in [4.69, 9.17) is 9.47 Å². The molecule has 0 aliphatic heterocycles. The Kier molecular flexibility index (Phi) is 9.27. The molecule has 0 atom stereocenters. The molecule has 0 amide bonds. The fraction of sp³-hybridized carbons (Fsp3) is 0.150. The van der Waals surface area contributed by atoms with E-state index in [-0.39, 0.29) is 17.0 Å². The number of aromatic nitrogens is 2. The summed E-state index contributed by atoms with van der Waals surface area (Å²) in [5.74, 6) is -3.81. The Labute approximate surface area is 284 Å². The molecule has 0 radical (unpaired) electrons. The molecule has 6 aromatic rings. The molecule has 0 saturated heterocycles. The van der Waals surface area contributed by atoms with Crippen molar-refractivity contribution in [2.45, 2.75) is 27.7 Å². The van der Waals surface area contributed by atoms with Gasteiger partial charge >= 0.3 is 0 Å². The largest absolute Gasteiger partial charge is 0.497 e. The summed E-state index contributed by atoms with van der Waals surface area (Å²) in [6, 6.07) is 27.5. The zero-order chi connectivity index (χ0) is 34.8. The predicted octanol–water partition coefficient (Wildman–Crippen LogP) is 10.8. The minimum Gasteiger partial charge on any atom is -0.497 e. The highest BCUT2D eigenvalue weighted by molar-refractivity contribution is 5.83. The Morgan fingerprint density at radius 2 is 1.29 bits per heavy atom. The van der Waals surface area contributed by atoms with Crippen molar-refractivity contribution in [3.05, 3.63) is 143 Å². The van der Waals surface area contributed by atoms with Gasteiger partial charge in [0.05, 0.1) is 18.5 Å². The second kappa shape index (κ2) is 13.7. The minimum atomic E-state index is -1.67. The quantitative estimate of drug-likeness (QED) is 0.144. The van der Waals surface area contributed by atoms with Gasteiger partial charge in [0.25, 0.3) is 0 Å². The van der Waals surface area contributed by atoms with E-state index < -0.39 is 23.2 Å². The molecule has 2 aromatic heterocycles. The third-order valence-corrected chi connectivity index (χ3v) is 8.29. The lowest BCUT2D eigenvalue weighted by atomic mass is 10.0. The average Bonchev–Trinajstić information content (AvgIpc) is 3.10. The Hall–Kier alpha value is -5.83. The maximum atomic E-state index is 15.5. The number of aryl methyl sites for hydroxylation is 4. The van der Waals surface area contributed by atoms with Crippen molar-refractivity contribution in [3.63, 3.8) is 0 Å². The van der Waals surface area contributed by atoms with Crippen LogP contribution in [0.4, 0.5) is 41.7 Å². The van der Waals surface area contributed by atoms with Crippen LogP contribution in [0.25, 0.3) is 11.3 Å². The first kappa shape index (κ1) is 33.1. The summed E-state index contributed by atoms with van der Waals surface area (Å²) < 4.78 is 57.1. The summed E-state index contributed by atoms with van der Waals surface area (Å²) in [6.07, 6.45) is 3.09. The third kappa shape index (κ3) is 6.78. The molecule has 9 heteroatoms. The van der Waals surface area contributed by atoms with Crippen molar-refractivity contribution in [1.82, 2.24) is 9.97 Å². The van der Waals surface area contributed by atoms with E-state index in [1.165, 1.54) is 19.4 Å². The molecule has 0 saturated carbocycles. The van der Waals surface area contributed by atoms with Gasteiger partial charge in [0.15, 0.2) is 17.4 Å². The van der Waals surface area contributed by atoms with E-state index in [1.54, 1.807) is 24.4 Å². The first-order chi connectivity index (χ1) is 23.5. The van der Waals surface area contributed by atoms with Gasteiger partial charge in [-0.1, -0.05) is 41.5 Å². The van der Waals surface area contributed by atoms with Gasteiger partial charge in [0.2, 0.25) is 5.82 Å². The lowest BCUT2D eigenvalue weighted by molar-refractivity contribution is 0.395. The van der Waals surface area contributed by atoms with Crippen LogP contribution >= 0.6 is 0 Å². The van der Waals surface area contributed by atoms with Gasteiger partial charge in [-0.05, 0) is 81.3 Å². The van der Waals surface area contributed by atoms with Gasteiger partial charge in [-0.2, -0.15) is 4.39 Å². The molecule has 6 nitrogen and oxygen atoms in total. The first-order valence-corrected chi connectivity index (χ1v) is 15.6. The Balaban J connectivity index is 1.56. The summed E-state index contributed by atoms with van der Waals surface area (Å²) in [5, 5.41) is 0. The van der Waals surface area contributed by atoms with Crippen LogP contribution in [0.15, 0.2) is 103 Å². The van der Waals surface area contributed by atoms with Gasteiger partial charge in [-0.25, -0.2) is 13.8 Å². The number of hydrogen-bond acceptors (Lipinski definition) is 6. The Morgan fingerprint density at radius 3 is 1.90 bits per heavy atom. The molecule has 2 heterocycles. The molecule has 0 spiro atoms. The predicted molar refractivity (Wildman–Crippen MR) is 189 cm³/mol. The van der Waals surface area contributed by atoms with Crippen molar-refractivity contribution in [1.29, 1.82) is 0 Å². The number of pyridine rings is 2. The summed E-state index contributed by atoms with van der Waals surface area (Å²) in [7, 11) is 3.30. The third-order valence-electron chi connectivity index (χ3n) is 8.29. The van der Waals surface area contributed by atoms with Gasteiger partial charge in [0, 0.05) is 60.3 Å². The molecular formula is C40H35F3N4O2. The van der Waals surface area contributed by atoms with Gasteiger partial charge in [-0.3, -0.25) is 4.98 Å². The number of rotatable bonds is 9. The van der Waals surface area contributed by atoms with E-state index >= 15 is 13.2 Å². The second-order valence-corrected chi connectivity index (χ2v) is 11.9. The number of nitrogens with zero attached hydrogens (tertiary/aromatic N) is 4. The van der Waals surface area contributed by atoms with Crippen LogP contribution in [-0.2, 0) is 0 Å². The van der Waals surface area contributed by atoms with Crippen molar-refractivity contribution in [2.24, 2.45) is 0 Å². The zero-order valence-corrected chi connectivity index (χ0v) is 28.1. The summed E-state index contributed by atoms with van der Waals surface area (Å²) >= 11 is 0. The molecule has 0 bridgehead atoms. The molecule has 0 fully saturated rings. The van der Waals surface area contributed by atoms with Crippen LogP contribution in [0.1, 0.15) is 22.3 Å². The van der Waals surface area contributed by atoms with E-state index in [2.05, 4.69) is 39.1 Å². The average molecular weight is 661 g/mol. The van der Waals surface area contributed by atoms with E-state index in [0.29, 0.717) is 22.9 Å². The standard InChI is InChI=1S/C40H35F3N4O2/c1-24-10-12-34(26(3)17-24)47(35-13-11-25(2)18-27(35)4)29-19-28(46(5)37-9-7-8-15-45-37)20-31(21-29)49-36-23-32(38(41)40(43)39(36)42)33-22-30(48-6)14-16-44-33/h7-23H,1-6H3. The number of methoxy groups -OCH3 is 1. The van der Waals surface area contributed by atoms with Crippen LogP contribution in [0.3, 0.4) is 0 Å². The smallest absolute Gasteiger partial charge is 0.204 e. The van der Waals surface area contributed by atoms with Gasteiger partial charge < -0.3 is 19.3 Å². The van der Waals surface area contributed by atoms with Crippen LogP contribution in [0.2, 0.25) is 0 Å². The first-order valence-electron chi connectivity index (χ1n) is 15.6. The lowest BCUT2D eigenvalue weighted by Crippen LogP contribution is -2.15. The van der Waals surface area contributed by atoms with Crippen molar-refractivity contribution in [3.8, 4) is 28.5 Å². The molecule has 4 aromatic carbocycles. The highest BCUT2D eigenvalue weighted by Gasteiger charge is 2.24. The number of benzene rings is 4. The van der Waals surface area contributed by atoms with Crippen LogP contribution in [0.5, 0.6) is 17.2 Å². The maximum absolute atomic E-state index is 15.5. The van der Waals surface area contributed by atoms with E-state index in [1.807, 2.05) is 76.0 Å². The van der Waals surface area contributed by atoms with E-state index in [9.17, 15) is 0 Å². The monoisotopic (exact) mass is 660 g/mol. The molecule has 248 valence electrons. The molecule has 6 rings (SSSR count). The molecular weight excluding hydrogens is 625 g/mol. The second-order valence-electron chi connectivity index (χ2n) is 11.9. The van der Waals surface area contributed by atoms with Gasteiger partial charge in [0.1, 0.15) is 17.3 Å². The van der Waals surface area contributed by atoms with Crippen molar-refractivity contribution < 1.29 is 22.6 Å². The minimum absolute atomic E-state index is 0.0563. The fourth-order valence-corrected chi connectivity index (χ4v) is 5.81. The summed E-state index contributed by atoms with van der Waals surface area (Å²) in [5.41, 5.74) is 7.27. The summed E-state index contributed by atoms with van der Waals surface area (Å²) in [6.45, 7) is 8.17. The number of halogens is 3. The van der Waals surface area contributed by atoms with Crippen LogP contribution in [-0.4, -0.2) is 24.1 Å². The van der Waals surface area contributed by atoms with Crippen LogP contribution < -0.4 is 19.3 Å². The fourth-order valence-electron chi connectivity index (χ4n) is 5.81. The highest BCUT2D eigenvalue weighted by atomic mass is 19.2. The zero-order valence-electron chi connectivity index (χ0n) is 28.1. The topological polar surface area (TPSA) is 50.7 Å². The Bertz CT molecular complexity index is 2110. The molecule has 0 N–H and O–H groups in total. The van der Waals surface area contributed by atoms with E-state index in [0.717, 1.165) is 39.7 Å². The van der Waals surface area contributed by atoms with Gasteiger partial charge in [-0.15, -0.1) is 0 Å². The molecule has 0 unspecified atom stereocenters. The normalized spacial score (nSPS) is 11.0. The number of ether oxygens (including phenoxy) is 2. The lowest BCUT2D eigenvalue weighted by Gasteiger charge is -2.30. The Morgan fingerprint density at radius 1 is 0.612 bits per heavy atom. The molecule has 49 heavy (non-hydrogen) atoms. The molecule has 0 aliphatic rings. The van der Waals surface area contributed by atoms with Crippen molar-refractivity contribution in [2.75, 3.05) is 24.0 Å².